The molecule has 2 rings (SSSR count). The van der Waals surface area contributed by atoms with Crippen molar-refractivity contribution in [3.8, 4) is 0 Å². The minimum atomic E-state index is 0.188. The molecule has 0 heterocycles. The molecule has 1 amide bonds. The lowest BCUT2D eigenvalue weighted by atomic mass is 9.89. The van der Waals surface area contributed by atoms with Crippen LogP contribution in [0.15, 0.2) is 24.3 Å². The number of carbonyl (C=O) groups excluding carboxylic acids is 1. The van der Waals surface area contributed by atoms with Crippen LogP contribution in [0.3, 0.4) is 0 Å². The van der Waals surface area contributed by atoms with Crippen molar-refractivity contribution in [2.24, 2.45) is 5.92 Å². The Morgan fingerprint density at radius 2 is 1.79 bits per heavy atom. The maximum Gasteiger partial charge on any atom is 0.253 e. The second-order valence-corrected chi connectivity index (χ2v) is 5.71. The molecule has 1 aliphatic carbocycles. The van der Waals surface area contributed by atoms with Gasteiger partial charge >= 0.3 is 0 Å². The molecule has 0 bridgehead atoms. The second kappa shape index (κ2) is 6.74. The number of amides is 1. The molecule has 0 aliphatic heterocycles. The standard InChI is InChI=1S/C17H25NO/c1-3-18(13-15-7-5-4-6-8-15)17(19)16-11-9-14(2)10-12-16/h9-12,15H,3-8,13H2,1-2H3. The fourth-order valence-corrected chi connectivity index (χ4v) is 2.92. The van der Waals surface area contributed by atoms with Gasteiger partial charge in [-0.25, -0.2) is 0 Å². The summed E-state index contributed by atoms with van der Waals surface area (Å²) >= 11 is 0. The van der Waals surface area contributed by atoms with Gasteiger partial charge < -0.3 is 4.90 Å². The summed E-state index contributed by atoms with van der Waals surface area (Å²) in [6.07, 6.45) is 6.62. The van der Waals surface area contributed by atoms with E-state index in [1.807, 2.05) is 36.1 Å². The number of carbonyl (C=O) groups is 1. The molecular formula is C17H25NO. The summed E-state index contributed by atoms with van der Waals surface area (Å²) in [6, 6.07) is 7.92. The van der Waals surface area contributed by atoms with Crippen molar-refractivity contribution in [2.75, 3.05) is 13.1 Å². The second-order valence-electron chi connectivity index (χ2n) is 5.71. The van der Waals surface area contributed by atoms with Crippen LogP contribution in [0.2, 0.25) is 0 Å². The van der Waals surface area contributed by atoms with Gasteiger partial charge in [-0.1, -0.05) is 37.0 Å². The molecule has 2 heteroatoms. The Balaban J connectivity index is 1.99. The van der Waals surface area contributed by atoms with E-state index in [2.05, 4.69) is 6.92 Å². The molecule has 1 aromatic carbocycles. The lowest BCUT2D eigenvalue weighted by Crippen LogP contribution is -2.35. The molecule has 1 aliphatic rings. The first-order valence-electron chi connectivity index (χ1n) is 7.56. The molecule has 19 heavy (non-hydrogen) atoms. The SMILES string of the molecule is CCN(CC1CCCCC1)C(=O)c1ccc(C)cc1. The third-order valence-electron chi connectivity index (χ3n) is 4.17. The lowest BCUT2D eigenvalue weighted by molar-refractivity contribution is 0.0724. The molecular weight excluding hydrogens is 234 g/mol. The van der Waals surface area contributed by atoms with Crippen molar-refractivity contribution in [3.63, 3.8) is 0 Å². The number of aryl methyl sites for hydroxylation is 1. The summed E-state index contributed by atoms with van der Waals surface area (Å²) in [7, 11) is 0. The van der Waals surface area contributed by atoms with Crippen LogP contribution < -0.4 is 0 Å². The van der Waals surface area contributed by atoms with Crippen molar-refractivity contribution >= 4 is 5.91 Å². The minimum absolute atomic E-state index is 0.188. The van der Waals surface area contributed by atoms with Crippen LogP contribution in [0.4, 0.5) is 0 Å². The monoisotopic (exact) mass is 259 g/mol. The Labute approximate surface area is 116 Å². The zero-order chi connectivity index (χ0) is 13.7. The predicted molar refractivity (Wildman–Crippen MR) is 79.3 cm³/mol. The molecule has 104 valence electrons. The molecule has 0 unspecified atom stereocenters. The maximum absolute atomic E-state index is 12.5. The molecule has 1 fully saturated rings. The van der Waals surface area contributed by atoms with Crippen LogP contribution in [-0.2, 0) is 0 Å². The van der Waals surface area contributed by atoms with Gasteiger partial charge in [-0.3, -0.25) is 4.79 Å². The number of benzene rings is 1. The first-order chi connectivity index (χ1) is 9.20. The number of hydrogen-bond donors (Lipinski definition) is 0. The molecule has 0 aromatic heterocycles. The van der Waals surface area contributed by atoms with Crippen molar-refractivity contribution in [1.29, 1.82) is 0 Å². The van der Waals surface area contributed by atoms with Gasteiger partial charge in [0.1, 0.15) is 0 Å². The topological polar surface area (TPSA) is 20.3 Å². The zero-order valence-electron chi connectivity index (χ0n) is 12.2. The summed E-state index contributed by atoms with van der Waals surface area (Å²) in [5.41, 5.74) is 2.02. The largest absolute Gasteiger partial charge is 0.339 e. The molecule has 0 radical (unpaired) electrons. The first-order valence-corrected chi connectivity index (χ1v) is 7.56. The Kier molecular flexibility index (Phi) is 5.00. The Bertz CT molecular complexity index is 404. The van der Waals surface area contributed by atoms with Crippen LogP contribution in [-0.4, -0.2) is 23.9 Å². The molecule has 0 N–H and O–H groups in total. The predicted octanol–water partition coefficient (Wildman–Crippen LogP) is 4.04. The highest BCUT2D eigenvalue weighted by atomic mass is 16.2. The summed E-state index contributed by atoms with van der Waals surface area (Å²) in [6.45, 7) is 5.87. The Hall–Kier alpha value is -1.31. The van der Waals surface area contributed by atoms with Gasteiger partial charge in [0.05, 0.1) is 0 Å². The van der Waals surface area contributed by atoms with E-state index in [0.29, 0.717) is 5.92 Å². The fraction of sp³-hybridized carbons (Fsp3) is 0.588. The summed E-state index contributed by atoms with van der Waals surface area (Å²) in [5.74, 6) is 0.899. The van der Waals surface area contributed by atoms with Gasteiger partial charge in [-0.05, 0) is 44.7 Å². The Morgan fingerprint density at radius 3 is 2.37 bits per heavy atom. The first kappa shape index (κ1) is 14.1. The highest BCUT2D eigenvalue weighted by Crippen LogP contribution is 2.24. The Morgan fingerprint density at radius 1 is 1.16 bits per heavy atom. The highest BCUT2D eigenvalue weighted by Gasteiger charge is 2.20. The summed E-state index contributed by atoms with van der Waals surface area (Å²) < 4.78 is 0. The van der Waals surface area contributed by atoms with Gasteiger partial charge in [0.25, 0.3) is 5.91 Å². The number of rotatable bonds is 4. The molecule has 0 spiro atoms. The molecule has 2 nitrogen and oxygen atoms in total. The quantitative estimate of drug-likeness (QED) is 0.799. The summed E-state index contributed by atoms with van der Waals surface area (Å²) in [4.78, 5) is 14.5. The van der Waals surface area contributed by atoms with Crippen molar-refractivity contribution in [3.05, 3.63) is 35.4 Å². The minimum Gasteiger partial charge on any atom is -0.339 e. The smallest absolute Gasteiger partial charge is 0.253 e. The van der Waals surface area contributed by atoms with Crippen molar-refractivity contribution in [2.45, 2.75) is 46.0 Å². The zero-order valence-corrected chi connectivity index (χ0v) is 12.2. The van der Waals surface area contributed by atoms with E-state index in [4.69, 9.17) is 0 Å². The molecule has 1 aromatic rings. The third-order valence-corrected chi connectivity index (χ3v) is 4.17. The van der Waals surface area contributed by atoms with E-state index in [-0.39, 0.29) is 5.91 Å². The molecule has 0 saturated heterocycles. The van der Waals surface area contributed by atoms with Gasteiger partial charge in [0.2, 0.25) is 0 Å². The van der Waals surface area contributed by atoms with Crippen LogP contribution in [0.25, 0.3) is 0 Å². The van der Waals surface area contributed by atoms with E-state index in [1.165, 1.54) is 37.7 Å². The van der Waals surface area contributed by atoms with Gasteiger partial charge in [-0.15, -0.1) is 0 Å². The van der Waals surface area contributed by atoms with Crippen LogP contribution >= 0.6 is 0 Å². The van der Waals surface area contributed by atoms with E-state index >= 15 is 0 Å². The average Bonchev–Trinajstić information content (AvgIpc) is 2.46. The van der Waals surface area contributed by atoms with E-state index in [9.17, 15) is 4.79 Å². The van der Waals surface area contributed by atoms with Crippen LogP contribution in [0.1, 0.15) is 54.9 Å². The van der Waals surface area contributed by atoms with Crippen molar-refractivity contribution < 1.29 is 4.79 Å². The molecule has 0 atom stereocenters. The highest BCUT2D eigenvalue weighted by molar-refractivity contribution is 5.94. The van der Waals surface area contributed by atoms with E-state index in [0.717, 1.165) is 18.7 Å². The number of hydrogen-bond acceptors (Lipinski definition) is 1. The van der Waals surface area contributed by atoms with Crippen LogP contribution in [0, 0.1) is 12.8 Å². The van der Waals surface area contributed by atoms with Gasteiger partial charge in [-0.2, -0.15) is 0 Å². The van der Waals surface area contributed by atoms with Crippen LogP contribution in [0.5, 0.6) is 0 Å². The summed E-state index contributed by atoms with van der Waals surface area (Å²) in [5, 5.41) is 0. The van der Waals surface area contributed by atoms with Gasteiger partial charge in [0.15, 0.2) is 0 Å². The normalized spacial score (nSPS) is 16.3. The van der Waals surface area contributed by atoms with Gasteiger partial charge in [0, 0.05) is 18.7 Å². The average molecular weight is 259 g/mol. The lowest BCUT2D eigenvalue weighted by Gasteiger charge is -2.29. The number of nitrogens with zero attached hydrogens (tertiary/aromatic N) is 1. The van der Waals surface area contributed by atoms with E-state index in [1.54, 1.807) is 0 Å². The third kappa shape index (κ3) is 3.82. The fourth-order valence-electron chi connectivity index (χ4n) is 2.92. The van der Waals surface area contributed by atoms with Crippen molar-refractivity contribution in [1.82, 2.24) is 4.90 Å². The maximum atomic E-state index is 12.5. The van der Waals surface area contributed by atoms with E-state index < -0.39 is 0 Å². The molecule has 1 saturated carbocycles.